The number of rotatable bonds is 2. The summed E-state index contributed by atoms with van der Waals surface area (Å²) in [5, 5.41) is 0. The van der Waals surface area contributed by atoms with Crippen LogP contribution in [-0.2, 0) is 0 Å². The number of hydrogen-bond acceptors (Lipinski definition) is 2. The molecule has 0 aliphatic heterocycles. The van der Waals surface area contributed by atoms with E-state index in [2.05, 4.69) is 15.8 Å². The van der Waals surface area contributed by atoms with Crippen LogP contribution in [0.15, 0.2) is 30.5 Å². The van der Waals surface area contributed by atoms with Gasteiger partial charge in [0.05, 0.1) is 6.20 Å². The third kappa shape index (κ3) is 3.40. The lowest BCUT2D eigenvalue weighted by atomic mass is 10.1. The van der Waals surface area contributed by atoms with Gasteiger partial charge in [-0.05, 0) is 12.1 Å². The number of nitrogens with zero attached hydrogens (tertiary/aromatic N) is 1. The molecule has 2 rings (SSSR count). The summed E-state index contributed by atoms with van der Waals surface area (Å²) >= 11 is 0. The van der Waals surface area contributed by atoms with Gasteiger partial charge in [0.25, 0.3) is 0 Å². The van der Waals surface area contributed by atoms with Gasteiger partial charge >= 0.3 is 6.36 Å². The Hall–Kier alpha value is -2.18. The number of halogens is 5. The van der Waals surface area contributed by atoms with Crippen molar-refractivity contribution >= 4 is 0 Å². The van der Waals surface area contributed by atoms with Gasteiger partial charge in [0.15, 0.2) is 5.82 Å². The van der Waals surface area contributed by atoms with Gasteiger partial charge in [-0.15, -0.1) is 13.2 Å². The van der Waals surface area contributed by atoms with E-state index in [-0.39, 0.29) is 11.3 Å². The second-order valence-electron chi connectivity index (χ2n) is 3.47. The van der Waals surface area contributed by atoms with E-state index in [1.807, 2.05) is 0 Å². The van der Waals surface area contributed by atoms with Gasteiger partial charge in [-0.3, -0.25) is 4.98 Å². The second kappa shape index (κ2) is 4.83. The van der Waals surface area contributed by atoms with E-state index in [1.165, 1.54) is 6.07 Å². The highest BCUT2D eigenvalue weighted by Gasteiger charge is 2.31. The summed E-state index contributed by atoms with van der Waals surface area (Å²) in [6, 6.07) is 6.11. The minimum absolute atomic E-state index is 0.0236. The van der Waals surface area contributed by atoms with Crippen LogP contribution in [0.4, 0.5) is 22.0 Å². The summed E-state index contributed by atoms with van der Waals surface area (Å²) in [7, 11) is 0. The fourth-order valence-corrected chi connectivity index (χ4v) is 1.40. The van der Waals surface area contributed by atoms with Crippen molar-refractivity contribution in [3.63, 3.8) is 0 Å². The van der Waals surface area contributed by atoms with Crippen molar-refractivity contribution in [1.29, 1.82) is 0 Å². The van der Waals surface area contributed by atoms with Crippen LogP contribution in [0.5, 0.6) is 5.75 Å². The molecular formula is C12H5F5NO. The Morgan fingerprint density at radius 1 is 1.16 bits per heavy atom. The summed E-state index contributed by atoms with van der Waals surface area (Å²) in [6.45, 7) is 0. The van der Waals surface area contributed by atoms with Gasteiger partial charge in [-0.1, -0.05) is 6.07 Å². The molecule has 0 saturated heterocycles. The molecule has 0 fully saturated rings. The molecule has 0 unspecified atom stereocenters. The summed E-state index contributed by atoms with van der Waals surface area (Å²) in [5.41, 5.74) is -0.252. The molecule has 1 aromatic carbocycles. The maximum atomic E-state index is 13.4. The Morgan fingerprint density at radius 3 is 2.53 bits per heavy atom. The Morgan fingerprint density at radius 2 is 1.89 bits per heavy atom. The van der Waals surface area contributed by atoms with E-state index in [9.17, 15) is 22.0 Å². The molecule has 2 aromatic rings. The van der Waals surface area contributed by atoms with Gasteiger partial charge in [0.1, 0.15) is 17.3 Å². The lowest BCUT2D eigenvalue weighted by Gasteiger charge is -2.09. The number of hydrogen-bond donors (Lipinski definition) is 0. The quantitative estimate of drug-likeness (QED) is 0.778. The summed E-state index contributed by atoms with van der Waals surface area (Å²) in [4.78, 5) is 3.48. The van der Waals surface area contributed by atoms with Crippen molar-refractivity contribution in [3.05, 3.63) is 48.2 Å². The largest absolute Gasteiger partial charge is 0.573 e. The van der Waals surface area contributed by atoms with Crippen molar-refractivity contribution < 1.29 is 26.7 Å². The summed E-state index contributed by atoms with van der Waals surface area (Å²) in [6.07, 6.45) is -4.11. The first-order valence-corrected chi connectivity index (χ1v) is 4.94. The van der Waals surface area contributed by atoms with Gasteiger partial charge in [0.2, 0.25) is 0 Å². The minimum atomic E-state index is -4.87. The molecule has 99 valence electrons. The highest BCUT2D eigenvalue weighted by Crippen LogP contribution is 2.27. The van der Waals surface area contributed by atoms with Crippen molar-refractivity contribution in [2.45, 2.75) is 6.36 Å². The molecule has 1 heterocycles. The normalized spacial score (nSPS) is 11.4. The molecule has 19 heavy (non-hydrogen) atoms. The smallest absolute Gasteiger partial charge is 0.405 e. The fourth-order valence-electron chi connectivity index (χ4n) is 1.40. The van der Waals surface area contributed by atoms with Gasteiger partial charge < -0.3 is 4.74 Å². The average molecular weight is 274 g/mol. The van der Waals surface area contributed by atoms with E-state index in [0.717, 1.165) is 18.3 Å². The highest BCUT2D eigenvalue weighted by molar-refractivity contribution is 5.61. The molecule has 0 N–H and O–H groups in total. The number of alkyl halides is 3. The zero-order chi connectivity index (χ0) is 14.0. The number of aromatic nitrogens is 1. The molecule has 7 heteroatoms. The zero-order valence-corrected chi connectivity index (χ0v) is 9.13. The first-order chi connectivity index (χ1) is 8.85. The Labute approximate surface area is 104 Å². The first-order valence-electron chi connectivity index (χ1n) is 4.94. The van der Waals surface area contributed by atoms with Gasteiger partial charge in [-0.25, -0.2) is 8.78 Å². The molecule has 0 aliphatic rings. The first kappa shape index (κ1) is 13.3. The van der Waals surface area contributed by atoms with Crippen molar-refractivity contribution in [2.24, 2.45) is 0 Å². The molecule has 0 saturated carbocycles. The monoisotopic (exact) mass is 274 g/mol. The van der Waals surface area contributed by atoms with Crippen LogP contribution >= 0.6 is 0 Å². The van der Waals surface area contributed by atoms with E-state index < -0.39 is 23.7 Å². The minimum Gasteiger partial charge on any atom is -0.405 e. The fraction of sp³-hybridized carbons (Fsp3) is 0.0833. The third-order valence-electron chi connectivity index (χ3n) is 2.08. The van der Waals surface area contributed by atoms with E-state index in [0.29, 0.717) is 6.07 Å². The van der Waals surface area contributed by atoms with Gasteiger partial charge in [0, 0.05) is 17.7 Å². The maximum Gasteiger partial charge on any atom is 0.573 e. The van der Waals surface area contributed by atoms with Crippen LogP contribution in [0.2, 0.25) is 0 Å². The number of ether oxygens (including phenoxy) is 1. The molecule has 0 spiro atoms. The van der Waals surface area contributed by atoms with Gasteiger partial charge in [-0.2, -0.15) is 0 Å². The molecule has 1 radical (unpaired) electrons. The molecule has 2 nitrogen and oxygen atoms in total. The standard InChI is InChI=1S/C12H5F5NO/c13-8-5-10(14)11(18-6-8)7-2-1-3-9(4-7)19-12(15,16)17/h1-2,4-6H. The van der Waals surface area contributed by atoms with E-state index in [4.69, 9.17) is 0 Å². The molecule has 0 atom stereocenters. The molecule has 0 amide bonds. The van der Waals surface area contributed by atoms with Crippen LogP contribution in [0.25, 0.3) is 11.3 Å². The lowest BCUT2D eigenvalue weighted by molar-refractivity contribution is -0.274. The maximum absolute atomic E-state index is 13.4. The molecule has 0 aliphatic carbocycles. The van der Waals surface area contributed by atoms with Crippen molar-refractivity contribution in [2.75, 3.05) is 0 Å². The predicted molar refractivity (Wildman–Crippen MR) is 55.1 cm³/mol. The SMILES string of the molecule is Fc1cnc(-c2cc[c]c(OC(F)(F)F)c2)c(F)c1. The Balaban J connectivity index is 2.38. The zero-order valence-electron chi connectivity index (χ0n) is 9.13. The van der Waals surface area contributed by atoms with Crippen LogP contribution < -0.4 is 4.74 Å². The molecule has 0 bridgehead atoms. The number of pyridine rings is 1. The average Bonchev–Trinajstić information content (AvgIpc) is 2.26. The van der Waals surface area contributed by atoms with Crippen LogP contribution in [-0.4, -0.2) is 11.3 Å². The predicted octanol–water partition coefficient (Wildman–Crippen LogP) is 3.73. The van der Waals surface area contributed by atoms with E-state index in [1.54, 1.807) is 0 Å². The lowest BCUT2D eigenvalue weighted by Crippen LogP contribution is -2.17. The van der Waals surface area contributed by atoms with Crippen LogP contribution in [0.1, 0.15) is 0 Å². The second-order valence-corrected chi connectivity index (χ2v) is 3.47. The van der Waals surface area contributed by atoms with Crippen molar-refractivity contribution in [1.82, 2.24) is 4.98 Å². The number of benzene rings is 1. The summed E-state index contributed by atoms with van der Waals surface area (Å²) < 4.78 is 65.8. The highest BCUT2D eigenvalue weighted by atomic mass is 19.4. The topological polar surface area (TPSA) is 22.1 Å². The van der Waals surface area contributed by atoms with Crippen LogP contribution in [0, 0.1) is 17.7 Å². The molecule has 1 aromatic heterocycles. The molecular weight excluding hydrogens is 269 g/mol. The Bertz CT molecular complexity index is 597. The third-order valence-corrected chi connectivity index (χ3v) is 2.08. The Kier molecular flexibility index (Phi) is 3.37. The van der Waals surface area contributed by atoms with Crippen LogP contribution in [0.3, 0.4) is 0 Å². The summed E-state index contributed by atoms with van der Waals surface area (Å²) in [5.74, 6) is -2.49. The van der Waals surface area contributed by atoms with E-state index >= 15 is 0 Å². The van der Waals surface area contributed by atoms with Crippen molar-refractivity contribution in [3.8, 4) is 17.0 Å².